The first kappa shape index (κ1) is 16.7. The van der Waals surface area contributed by atoms with Crippen LogP contribution in [0.4, 0.5) is 0 Å². The Kier molecular flexibility index (Phi) is 6.87. The van der Waals surface area contributed by atoms with Gasteiger partial charge in [-0.3, -0.25) is 0 Å². The van der Waals surface area contributed by atoms with Crippen LogP contribution in [0.2, 0.25) is 0 Å². The molecule has 0 spiro atoms. The van der Waals surface area contributed by atoms with E-state index in [0.29, 0.717) is 11.8 Å². The molecule has 114 valence electrons. The van der Waals surface area contributed by atoms with Gasteiger partial charge in [-0.25, -0.2) is 4.98 Å². The van der Waals surface area contributed by atoms with Gasteiger partial charge in [-0.15, -0.1) is 11.3 Å². The highest BCUT2D eigenvalue weighted by Gasteiger charge is 2.12. The summed E-state index contributed by atoms with van der Waals surface area (Å²) in [7, 11) is 0. The largest absolute Gasteiger partial charge is 0.316 e. The zero-order valence-electron chi connectivity index (χ0n) is 12.7. The summed E-state index contributed by atoms with van der Waals surface area (Å²) in [6, 6.07) is 8.66. The number of halogens is 1. The normalized spacial score (nSPS) is 12.8. The molecule has 4 heteroatoms. The third-order valence-corrected chi connectivity index (χ3v) is 4.70. The Morgan fingerprint density at radius 3 is 2.52 bits per heavy atom. The van der Waals surface area contributed by atoms with Crippen molar-refractivity contribution in [2.24, 2.45) is 11.8 Å². The highest BCUT2D eigenvalue weighted by atomic mass is 79.9. The molecule has 1 unspecified atom stereocenters. The van der Waals surface area contributed by atoms with Crippen molar-refractivity contribution in [1.82, 2.24) is 10.3 Å². The van der Waals surface area contributed by atoms with E-state index in [9.17, 15) is 0 Å². The van der Waals surface area contributed by atoms with Crippen LogP contribution in [0.15, 0.2) is 40.3 Å². The number of hydrogen-bond donors (Lipinski definition) is 1. The van der Waals surface area contributed by atoms with Crippen LogP contribution >= 0.6 is 27.3 Å². The summed E-state index contributed by atoms with van der Waals surface area (Å²) >= 11 is 5.26. The average Bonchev–Trinajstić information content (AvgIpc) is 2.94. The smallest absolute Gasteiger partial charge is 0.0928 e. The zero-order chi connectivity index (χ0) is 15.1. The molecule has 0 aliphatic heterocycles. The summed E-state index contributed by atoms with van der Waals surface area (Å²) in [6.45, 7) is 6.62. The van der Waals surface area contributed by atoms with E-state index in [0.717, 1.165) is 30.4 Å². The van der Waals surface area contributed by atoms with Crippen LogP contribution < -0.4 is 5.32 Å². The van der Waals surface area contributed by atoms with Crippen LogP contribution in [0.1, 0.15) is 24.4 Å². The molecule has 0 fully saturated rings. The van der Waals surface area contributed by atoms with Crippen LogP contribution in [-0.2, 0) is 12.8 Å². The predicted molar refractivity (Wildman–Crippen MR) is 94.9 cm³/mol. The molecule has 2 aromatic rings. The molecule has 1 aromatic carbocycles. The van der Waals surface area contributed by atoms with Gasteiger partial charge in [-0.2, -0.15) is 0 Å². The van der Waals surface area contributed by atoms with Crippen molar-refractivity contribution in [2.45, 2.75) is 26.7 Å². The monoisotopic (exact) mass is 366 g/mol. The van der Waals surface area contributed by atoms with Gasteiger partial charge in [0.25, 0.3) is 0 Å². The molecule has 0 bridgehead atoms. The maximum absolute atomic E-state index is 4.44. The summed E-state index contributed by atoms with van der Waals surface area (Å²) in [6.07, 6.45) is 4.05. The van der Waals surface area contributed by atoms with Crippen molar-refractivity contribution in [1.29, 1.82) is 0 Å². The SMILES string of the molecule is CC(C)CNCC(Cc1ccc(Br)cc1)Cc1nccs1. The third kappa shape index (κ3) is 6.29. The molecule has 2 rings (SSSR count). The minimum Gasteiger partial charge on any atom is -0.316 e. The fraction of sp³-hybridized carbons (Fsp3) is 0.471. The van der Waals surface area contributed by atoms with Crippen LogP contribution in [0.3, 0.4) is 0 Å². The molecule has 21 heavy (non-hydrogen) atoms. The maximum atomic E-state index is 4.44. The van der Waals surface area contributed by atoms with E-state index >= 15 is 0 Å². The topological polar surface area (TPSA) is 24.9 Å². The third-order valence-electron chi connectivity index (χ3n) is 3.37. The zero-order valence-corrected chi connectivity index (χ0v) is 15.1. The molecule has 1 aromatic heterocycles. The van der Waals surface area contributed by atoms with E-state index in [-0.39, 0.29) is 0 Å². The molecule has 0 aliphatic carbocycles. The summed E-state index contributed by atoms with van der Waals surface area (Å²) in [5.74, 6) is 1.29. The van der Waals surface area contributed by atoms with E-state index < -0.39 is 0 Å². The first-order valence-electron chi connectivity index (χ1n) is 7.47. The van der Waals surface area contributed by atoms with Gasteiger partial charge < -0.3 is 5.32 Å². The Labute approximate surface area is 140 Å². The predicted octanol–water partition coefficient (Wildman–Crippen LogP) is 4.55. The Balaban J connectivity index is 1.95. The van der Waals surface area contributed by atoms with Crippen LogP contribution in [0, 0.1) is 11.8 Å². The summed E-state index contributed by atoms with van der Waals surface area (Å²) in [5, 5.41) is 6.90. The minimum atomic E-state index is 0.594. The maximum Gasteiger partial charge on any atom is 0.0928 e. The van der Waals surface area contributed by atoms with Gasteiger partial charge in [0.05, 0.1) is 5.01 Å². The van der Waals surface area contributed by atoms with Gasteiger partial charge in [0.1, 0.15) is 0 Å². The van der Waals surface area contributed by atoms with Crippen molar-refractivity contribution in [3.8, 4) is 0 Å². The number of benzene rings is 1. The Morgan fingerprint density at radius 2 is 1.90 bits per heavy atom. The molecular formula is C17H23BrN2S. The first-order chi connectivity index (χ1) is 10.1. The second-order valence-corrected chi connectivity index (χ2v) is 7.77. The van der Waals surface area contributed by atoms with Crippen molar-refractivity contribution in [3.05, 3.63) is 50.9 Å². The lowest BCUT2D eigenvalue weighted by Crippen LogP contribution is -2.28. The number of rotatable bonds is 8. The van der Waals surface area contributed by atoms with Gasteiger partial charge in [0.2, 0.25) is 0 Å². The van der Waals surface area contributed by atoms with Gasteiger partial charge in [-0.05, 0) is 49.0 Å². The van der Waals surface area contributed by atoms with E-state index in [2.05, 4.69) is 69.7 Å². The summed E-state index contributed by atoms with van der Waals surface area (Å²) in [4.78, 5) is 4.44. The highest BCUT2D eigenvalue weighted by molar-refractivity contribution is 9.10. The number of hydrogen-bond acceptors (Lipinski definition) is 3. The lowest BCUT2D eigenvalue weighted by molar-refractivity contribution is 0.445. The van der Waals surface area contributed by atoms with E-state index in [1.54, 1.807) is 11.3 Å². The second kappa shape index (κ2) is 8.66. The lowest BCUT2D eigenvalue weighted by atomic mass is 9.96. The van der Waals surface area contributed by atoms with Crippen LogP contribution in [0.5, 0.6) is 0 Å². The van der Waals surface area contributed by atoms with Crippen LogP contribution in [-0.4, -0.2) is 18.1 Å². The number of aromatic nitrogens is 1. The molecule has 0 aliphatic rings. The van der Waals surface area contributed by atoms with Gasteiger partial charge in [-0.1, -0.05) is 41.9 Å². The number of thiazole rings is 1. The fourth-order valence-corrected chi connectivity index (χ4v) is 3.34. The molecule has 0 saturated heterocycles. The first-order valence-corrected chi connectivity index (χ1v) is 9.14. The molecule has 0 amide bonds. The Bertz CT molecular complexity index is 508. The number of nitrogens with one attached hydrogen (secondary N) is 1. The quantitative estimate of drug-likeness (QED) is 0.740. The van der Waals surface area contributed by atoms with Gasteiger partial charge >= 0.3 is 0 Å². The lowest BCUT2D eigenvalue weighted by Gasteiger charge is -2.18. The molecular weight excluding hydrogens is 344 g/mol. The van der Waals surface area contributed by atoms with Crippen molar-refractivity contribution in [3.63, 3.8) is 0 Å². The van der Waals surface area contributed by atoms with Crippen molar-refractivity contribution in [2.75, 3.05) is 13.1 Å². The summed E-state index contributed by atoms with van der Waals surface area (Å²) in [5.41, 5.74) is 1.39. The number of nitrogens with zero attached hydrogens (tertiary/aromatic N) is 1. The van der Waals surface area contributed by atoms with E-state index in [1.165, 1.54) is 10.6 Å². The van der Waals surface area contributed by atoms with Crippen molar-refractivity contribution < 1.29 is 0 Å². The minimum absolute atomic E-state index is 0.594. The highest BCUT2D eigenvalue weighted by Crippen LogP contribution is 2.18. The van der Waals surface area contributed by atoms with Gasteiger partial charge in [0.15, 0.2) is 0 Å². The average molecular weight is 367 g/mol. The van der Waals surface area contributed by atoms with E-state index in [4.69, 9.17) is 0 Å². The fourth-order valence-electron chi connectivity index (χ4n) is 2.35. The standard InChI is InChI=1S/C17H23BrN2S/c1-13(2)11-19-12-15(10-17-20-7-8-21-17)9-14-3-5-16(18)6-4-14/h3-8,13,15,19H,9-12H2,1-2H3. The van der Waals surface area contributed by atoms with Crippen molar-refractivity contribution >= 4 is 27.3 Å². The van der Waals surface area contributed by atoms with Crippen LogP contribution in [0.25, 0.3) is 0 Å². The van der Waals surface area contributed by atoms with Gasteiger partial charge in [0, 0.05) is 22.5 Å². The molecule has 0 radical (unpaired) electrons. The molecule has 1 N–H and O–H groups in total. The molecule has 1 heterocycles. The Hall–Kier alpha value is -0.710. The summed E-state index contributed by atoms with van der Waals surface area (Å²) < 4.78 is 1.14. The second-order valence-electron chi connectivity index (χ2n) is 5.88. The Morgan fingerprint density at radius 1 is 1.14 bits per heavy atom. The molecule has 2 nitrogen and oxygen atoms in total. The molecule has 0 saturated carbocycles. The molecule has 1 atom stereocenters. The van der Waals surface area contributed by atoms with E-state index in [1.807, 2.05) is 6.20 Å².